The Morgan fingerprint density at radius 3 is 2.64 bits per heavy atom. The molecule has 0 unspecified atom stereocenters. The van der Waals surface area contributed by atoms with Crippen molar-refractivity contribution in [3.63, 3.8) is 0 Å². The Bertz CT molecular complexity index is 327. The maximum atomic E-state index is 9.55. The molecule has 0 radical (unpaired) electrons. The number of aliphatic hydroxyl groups is 4. The zero-order chi connectivity index (χ0) is 10.3. The SMILES string of the molecule is OC[C@H]1c2nccn2[C@@H](O)[C@@H](O)[C@@H]1O. The summed E-state index contributed by atoms with van der Waals surface area (Å²) in [5.74, 6) is -0.263. The van der Waals surface area contributed by atoms with Gasteiger partial charge in [0.25, 0.3) is 0 Å². The highest BCUT2D eigenvalue weighted by molar-refractivity contribution is 5.10. The fourth-order valence-corrected chi connectivity index (χ4v) is 1.76. The molecule has 6 heteroatoms. The predicted octanol–water partition coefficient (Wildman–Crippen LogP) is -1.81. The van der Waals surface area contributed by atoms with Crippen LogP contribution in [0.5, 0.6) is 0 Å². The third-order valence-corrected chi connectivity index (χ3v) is 2.58. The summed E-state index contributed by atoms with van der Waals surface area (Å²) in [6.45, 7) is -0.317. The van der Waals surface area contributed by atoms with Gasteiger partial charge in [-0.05, 0) is 0 Å². The summed E-state index contributed by atoms with van der Waals surface area (Å²) in [5, 5.41) is 37.6. The molecule has 2 rings (SSSR count). The standard InChI is InChI=1S/C8H12N2O4/c11-3-4-5(12)6(13)8(14)10-2-1-9-7(4)10/h1-2,4-6,8,11-14H,3H2/t4-,5-,6+,8+/m1/s1. The normalized spacial score (nSPS) is 36.9. The Morgan fingerprint density at radius 1 is 1.29 bits per heavy atom. The zero-order valence-electron chi connectivity index (χ0n) is 7.35. The molecule has 0 aromatic carbocycles. The first-order chi connectivity index (χ1) is 6.66. The van der Waals surface area contributed by atoms with Gasteiger partial charge >= 0.3 is 0 Å². The van der Waals surface area contributed by atoms with Crippen molar-refractivity contribution in [1.82, 2.24) is 9.55 Å². The average Bonchev–Trinajstić information content (AvgIpc) is 2.64. The molecule has 6 nitrogen and oxygen atoms in total. The number of hydrogen-bond acceptors (Lipinski definition) is 5. The summed E-state index contributed by atoms with van der Waals surface area (Å²) in [6.07, 6.45) is -0.743. The van der Waals surface area contributed by atoms with Crippen molar-refractivity contribution in [2.24, 2.45) is 0 Å². The van der Waals surface area contributed by atoms with Crippen LogP contribution in [0.1, 0.15) is 18.0 Å². The minimum Gasteiger partial charge on any atom is -0.396 e. The number of nitrogens with zero attached hydrogens (tertiary/aromatic N) is 2. The topological polar surface area (TPSA) is 98.7 Å². The van der Waals surface area contributed by atoms with Crippen molar-refractivity contribution in [2.75, 3.05) is 6.61 Å². The number of rotatable bonds is 1. The first-order valence-corrected chi connectivity index (χ1v) is 4.34. The zero-order valence-corrected chi connectivity index (χ0v) is 7.35. The third kappa shape index (κ3) is 1.16. The highest BCUT2D eigenvalue weighted by Crippen LogP contribution is 2.31. The molecule has 2 heterocycles. The number of imidazole rings is 1. The van der Waals surface area contributed by atoms with E-state index in [0.29, 0.717) is 5.82 Å². The van der Waals surface area contributed by atoms with Crippen molar-refractivity contribution in [1.29, 1.82) is 0 Å². The van der Waals surface area contributed by atoms with Gasteiger partial charge in [-0.1, -0.05) is 0 Å². The minimum atomic E-state index is -1.30. The second-order valence-electron chi connectivity index (χ2n) is 3.38. The van der Waals surface area contributed by atoms with Crippen LogP contribution in [0.2, 0.25) is 0 Å². The van der Waals surface area contributed by atoms with Crippen LogP contribution in [0.3, 0.4) is 0 Å². The molecule has 14 heavy (non-hydrogen) atoms. The largest absolute Gasteiger partial charge is 0.396 e. The van der Waals surface area contributed by atoms with Crippen LogP contribution in [0, 0.1) is 0 Å². The Morgan fingerprint density at radius 2 is 2.00 bits per heavy atom. The molecule has 1 aliphatic heterocycles. The van der Waals surface area contributed by atoms with Gasteiger partial charge in [0.2, 0.25) is 0 Å². The molecule has 1 aromatic rings. The van der Waals surface area contributed by atoms with E-state index in [9.17, 15) is 15.3 Å². The molecule has 4 N–H and O–H groups in total. The van der Waals surface area contributed by atoms with Crippen molar-refractivity contribution in [3.05, 3.63) is 18.2 Å². The molecule has 1 aromatic heterocycles. The van der Waals surface area contributed by atoms with E-state index >= 15 is 0 Å². The highest BCUT2D eigenvalue weighted by Gasteiger charge is 2.40. The fourth-order valence-electron chi connectivity index (χ4n) is 1.76. The van der Waals surface area contributed by atoms with Gasteiger partial charge in [-0.15, -0.1) is 0 Å². The summed E-state index contributed by atoms with van der Waals surface area (Å²) in [4.78, 5) is 3.92. The lowest BCUT2D eigenvalue weighted by Crippen LogP contribution is -2.46. The van der Waals surface area contributed by atoms with Crippen LogP contribution in [-0.4, -0.2) is 48.8 Å². The van der Waals surface area contributed by atoms with Crippen molar-refractivity contribution < 1.29 is 20.4 Å². The van der Waals surface area contributed by atoms with Crippen LogP contribution < -0.4 is 0 Å². The van der Waals surface area contributed by atoms with E-state index in [1.807, 2.05) is 0 Å². The van der Waals surface area contributed by atoms with Crippen LogP contribution in [0.25, 0.3) is 0 Å². The number of aromatic nitrogens is 2. The molecule has 0 fully saturated rings. The molecule has 0 saturated carbocycles. The first-order valence-electron chi connectivity index (χ1n) is 4.34. The predicted molar refractivity (Wildman–Crippen MR) is 45.3 cm³/mol. The van der Waals surface area contributed by atoms with Crippen molar-refractivity contribution in [3.8, 4) is 0 Å². The molecule has 78 valence electrons. The molecule has 0 saturated heterocycles. The Hall–Kier alpha value is -0.950. The van der Waals surface area contributed by atoms with Crippen molar-refractivity contribution >= 4 is 0 Å². The lowest BCUT2D eigenvalue weighted by atomic mass is 9.93. The van der Waals surface area contributed by atoms with Gasteiger partial charge in [-0.25, -0.2) is 4.98 Å². The minimum absolute atomic E-state index is 0.317. The van der Waals surface area contributed by atoms with Gasteiger partial charge in [-0.2, -0.15) is 0 Å². The number of fused-ring (bicyclic) bond motifs is 1. The second kappa shape index (κ2) is 3.32. The molecule has 4 atom stereocenters. The van der Waals surface area contributed by atoms with Gasteiger partial charge in [0.05, 0.1) is 18.6 Å². The Kier molecular flexibility index (Phi) is 2.28. The van der Waals surface area contributed by atoms with E-state index in [2.05, 4.69) is 4.98 Å². The van der Waals surface area contributed by atoms with E-state index < -0.39 is 24.4 Å². The van der Waals surface area contributed by atoms with Crippen LogP contribution in [0.4, 0.5) is 0 Å². The molecule has 0 aliphatic carbocycles. The summed E-state index contributed by atoms with van der Waals surface area (Å²) < 4.78 is 1.35. The van der Waals surface area contributed by atoms with E-state index in [1.165, 1.54) is 17.0 Å². The second-order valence-corrected chi connectivity index (χ2v) is 3.38. The molecular weight excluding hydrogens is 188 g/mol. The third-order valence-electron chi connectivity index (χ3n) is 2.58. The van der Waals surface area contributed by atoms with E-state index in [-0.39, 0.29) is 6.61 Å². The van der Waals surface area contributed by atoms with Gasteiger partial charge in [-0.3, -0.25) is 0 Å². The summed E-state index contributed by atoms with van der Waals surface area (Å²) in [7, 11) is 0. The fraction of sp³-hybridized carbons (Fsp3) is 0.625. The molecular formula is C8H12N2O4. The Labute approximate surface area is 80.1 Å². The maximum absolute atomic E-state index is 9.55. The monoisotopic (exact) mass is 200 g/mol. The summed E-state index contributed by atoms with van der Waals surface area (Å²) in [6, 6.07) is 0. The summed E-state index contributed by atoms with van der Waals surface area (Å²) >= 11 is 0. The van der Waals surface area contributed by atoms with E-state index in [1.54, 1.807) is 0 Å². The Balaban J connectivity index is 2.44. The first kappa shape index (κ1) is 9.60. The van der Waals surface area contributed by atoms with Gasteiger partial charge in [0.1, 0.15) is 11.9 Å². The van der Waals surface area contributed by atoms with E-state index in [0.717, 1.165) is 0 Å². The molecule has 1 aliphatic rings. The van der Waals surface area contributed by atoms with Crippen LogP contribution in [-0.2, 0) is 0 Å². The average molecular weight is 200 g/mol. The number of hydrogen-bond donors (Lipinski definition) is 4. The van der Waals surface area contributed by atoms with Gasteiger partial charge < -0.3 is 25.0 Å². The molecule has 0 spiro atoms. The highest BCUT2D eigenvalue weighted by atomic mass is 16.4. The lowest BCUT2D eigenvalue weighted by Gasteiger charge is -2.35. The van der Waals surface area contributed by atoms with Crippen LogP contribution in [0.15, 0.2) is 12.4 Å². The molecule has 0 bridgehead atoms. The van der Waals surface area contributed by atoms with E-state index in [4.69, 9.17) is 5.11 Å². The number of aliphatic hydroxyl groups excluding tert-OH is 4. The lowest BCUT2D eigenvalue weighted by molar-refractivity contribution is -0.122. The smallest absolute Gasteiger partial charge is 0.160 e. The van der Waals surface area contributed by atoms with Gasteiger partial charge in [0.15, 0.2) is 6.23 Å². The van der Waals surface area contributed by atoms with Gasteiger partial charge in [0, 0.05) is 12.4 Å². The molecule has 0 amide bonds. The van der Waals surface area contributed by atoms with Crippen LogP contribution >= 0.6 is 0 Å². The quantitative estimate of drug-likeness (QED) is 0.428. The summed E-state index contributed by atoms with van der Waals surface area (Å²) in [5.41, 5.74) is 0. The van der Waals surface area contributed by atoms with Crippen molar-refractivity contribution in [2.45, 2.75) is 24.4 Å². The maximum Gasteiger partial charge on any atom is 0.160 e.